The van der Waals surface area contributed by atoms with Gasteiger partial charge in [-0.25, -0.2) is 4.79 Å². The Morgan fingerprint density at radius 1 is 1.32 bits per heavy atom. The first kappa shape index (κ1) is 16.6. The maximum atomic E-state index is 13.0. The molecule has 122 valence electrons. The lowest BCUT2D eigenvalue weighted by Gasteiger charge is -2.38. The van der Waals surface area contributed by atoms with Crippen LogP contribution in [0, 0.1) is 11.8 Å². The third kappa shape index (κ3) is 4.13. The quantitative estimate of drug-likeness (QED) is 0.933. The Labute approximate surface area is 127 Å². The van der Waals surface area contributed by atoms with Crippen LogP contribution in [0.2, 0.25) is 0 Å². The molecule has 1 aliphatic heterocycles. The van der Waals surface area contributed by atoms with Crippen molar-refractivity contribution in [2.24, 2.45) is 17.6 Å². The summed E-state index contributed by atoms with van der Waals surface area (Å²) in [5.41, 5.74) is 6.20. The molecular formula is C15H19F3N2O2. The normalized spacial score (nSPS) is 22.5. The second-order valence-corrected chi connectivity index (χ2v) is 5.42. The first-order valence-corrected chi connectivity index (χ1v) is 7.14. The molecule has 1 amide bonds. The van der Waals surface area contributed by atoms with Crippen LogP contribution in [0.15, 0.2) is 30.3 Å². The third-order valence-electron chi connectivity index (χ3n) is 3.94. The highest BCUT2D eigenvalue weighted by Gasteiger charge is 2.47. The predicted molar refractivity (Wildman–Crippen MR) is 74.9 cm³/mol. The molecule has 7 heteroatoms. The number of piperidine rings is 1. The van der Waals surface area contributed by atoms with Crippen molar-refractivity contribution in [3.63, 3.8) is 0 Å². The second kappa shape index (κ2) is 7.00. The van der Waals surface area contributed by atoms with E-state index in [1.807, 2.05) is 6.07 Å². The summed E-state index contributed by atoms with van der Waals surface area (Å²) in [4.78, 5) is 13.1. The SMILES string of the molecule is NC[C@H]1CCN(C(=O)OCc2ccccc2)C[C@H]1C(F)(F)F. The number of hydrogen-bond acceptors (Lipinski definition) is 3. The van der Waals surface area contributed by atoms with Crippen LogP contribution >= 0.6 is 0 Å². The van der Waals surface area contributed by atoms with Crippen LogP contribution in [0.25, 0.3) is 0 Å². The Morgan fingerprint density at radius 2 is 2.00 bits per heavy atom. The molecule has 1 saturated heterocycles. The van der Waals surface area contributed by atoms with Crippen LogP contribution in [0.5, 0.6) is 0 Å². The molecule has 2 N–H and O–H groups in total. The van der Waals surface area contributed by atoms with Crippen LogP contribution in [0.3, 0.4) is 0 Å². The van der Waals surface area contributed by atoms with Gasteiger partial charge in [0.05, 0.1) is 5.92 Å². The van der Waals surface area contributed by atoms with Gasteiger partial charge in [-0.2, -0.15) is 13.2 Å². The number of ether oxygens (including phenoxy) is 1. The number of carbonyl (C=O) groups excluding carboxylic acids is 1. The molecule has 0 aromatic heterocycles. The first-order valence-electron chi connectivity index (χ1n) is 7.14. The zero-order valence-corrected chi connectivity index (χ0v) is 12.1. The second-order valence-electron chi connectivity index (χ2n) is 5.42. The van der Waals surface area contributed by atoms with E-state index in [1.165, 1.54) is 0 Å². The van der Waals surface area contributed by atoms with Gasteiger partial charge in [-0.3, -0.25) is 0 Å². The summed E-state index contributed by atoms with van der Waals surface area (Å²) in [6.45, 7) is -0.134. The van der Waals surface area contributed by atoms with E-state index in [-0.39, 0.29) is 32.7 Å². The highest BCUT2D eigenvalue weighted by atomic mass is 19.4. The molecule has 1 fully saturated rings. The number of nitrogens with two attached hydrogens (primary N) is 1. The van der Waals surface area contributed by atoms with Gasteiger partial charge in [0.2, 0.25) is 0 Å². The molecule has 2 rings (SSSR count). The molecule has 0 bridgehead atoms. The molecule has 2 atom stereocenters. The number of benzene rings is 1. The Morgan fingerprint density at radius 3 is 2.59 bits per heavy atom. The molecule has 0 radical (unpaired) electrons. The van der Waals surface area contributed by atoms with Crippen LogP contribution in [0.4, 0.5) is 18.0 Å². The zero-order chi connectivity index (χ0) is 16.2. The zero-order valence-electron chi connectivity index (χ0n) is 12.1. The molecule has 1 aromatic rings. The van der Waals surface area contributed by atoms with Crippen molar-refractivity contribution in [3.8, 4) is 0 Å². The number of alkyl halides is 3. The molecule has 4 nitrogen and oxygen atoms in total. The highest BCUT2D eigenvalue weighted by molar-refractivity contribution is 5.67. The van der Waals surface area contributed by atoms with E-state index in [1.54, 1.807) is 24.3 Å². The van der Waals surface area contributed by atoms with Gasteiger partial charge < -0.3 is 15.4 Å². The minimum atomic E-state index is -4.36. The smallest absolute Gasteiger partial charge is 0.410 e. The lowest BCUT2D eigenvalue weighted by Crippen LogP contribution is -2.50. The fourth-order valence-electron chi connectivity index (χ4n) is 2.63. The van der Waals surface area contributed by atoms with E-state index in [2.05, 4.69) is 0 Å². The van der Waals surface area contributed by atoms with Crippen molar-refractivity contribution < 1.29 is 22.7 Å². The number of amides is 1. The lowest BCUT2D eigenvalue weighted by molar-refractivity contribution is -0.198. The van der Waals surface area contributed by atoms with Gasteiger partial charge in [-0.15, -0.1) is 0 Å². The van der Waals surface area contributed by atoms with Gasteiger partial charge in [0.1, 0.15) is 6.61 Å². The summed E-state index contributed by atoms with van der Waals surface area (Å²) in [6.07, 6.45) is -4.84. The fourth-order valence-corrected chi connectivity index (χ4v) is 2.63. The van der Waals surface area contributed by atoms with Crippen molar-refractivity contribution in [2.45, 2.75) is 19.2 Å². The largest absolute Gasteiger partial charge is 0.445 e. The van der Waals surface area contributed by atoms with Gasteiger partial charge in [0, 0.05) is 13.1 Å². The van der Waals surface area contributed by atoms with Crippen molar-refractivity contribution in [1.29, 1.82) is 0 Å². The Hall–Kier alpha value is -1.76. The predicted octanol–water partition coefficient (Wildman–Crippen LogP) is 2.78. The minimum Gasteiger partial charge on any atom is -0.445 e. The van der Waals surface area contributed by atoms with Gasteiger partial charge in [-0.1, -0.05) is 30.3 Å². The molecule has 1 aliphatic rings. The summed E-state index contributed by atoms with van der Waals surface area (Å²) in [5, 5.41) is 0. The number of rotatable bonds is 3. The molecule has 0 saturated carbocycles. The topological polar surface area (TPSA) is 55.6 Å². The number of halogens is 3. The molecule has 0 unspecified atom stereocenters. The molecule has 1 aromatic carbocycles. The van der Waals surface area contributed by atoms with Gasteiger partial charge in [-0.05, 0) is 24.4 Å². The van der Waals surface area contributed by atoms with Crippen LogP contribution in [-0.2, 0) is 11.3 Å². The van der Waals surface area contributed by atoms with Gasteiger partial charge in [0.15, 0.2) is 0 Å². The maximum Gasteiger partial charge on any atom is 0.410 e. The third-order valence-corrected chi connectivity index (χ3v) is 3.94. The average molecular weight is 316 g/mol. The monoisotopic (exact) mass is 316 g/mol. The Balaban J connectivity index is 1.93. The summed E-state index contributed by atoms with van der Waals surface area (Å²) < 4.78 is 44.2. The molecule has 0 spiro atoms. The molecule has 1 heterocycles. The minimum absolute atomic E-state index is 0.0307. The maximum absolute atomic E-state index is 13.0. The summed E-state index contributed by atoms with van der Waals surface area (Å²) in [5.74, 6) is -2.23. The Bertz CT molecular complexity index is 493. The lowest BCUT2D eigenvalue weighted by atomic mass is 9.85. The van der Waals surface area contributed by atoms with E-state index in [0.29, 0.717) is 0 Å². The number of likely N-dealkylation sites (tertiary alicyclic amines) is 1. The molecular weight excluding hydrogens is 297 g/mol. The molecule has 22 heavy (non-hydrogen) atoms. The van der Waals surface area contributed by atoms with Crippen LogP contribution in [-0.4, -0.2) is 36.8 Å². The van der Waals surface area contributed by atoms with E-state index < -0.39 is 24.1 Å². The van der Waals surface area contributed by atoms with Gasteiger partial charge in [0.25, 0.3) is 0 Å². The van der Waals surface area contributed by atoms with E-state index >= 15 is 0 Å². The summed E-state index contributed by atoms with van der Waals surface area (Å²) in [7, 11) is 0. The average Bonchev–Trinajstić information content (AvgIpc) is 2.52. The number of nitrogens with zero attached hydrogens (tertiary/aromatic N) is 1. The summed E-state index contributed by atoms with van der Waals surface area (Å²) in [6, 6.07) is 9.00. The van der Waals surface area contributed by atoms with Crippen LogP contribution < -0.4 is 5.73 Å². The van der Waals surface area contributed by atoms with Crippen molar-refractivity contribution in [2.75, 3.05) is 19.6 Å². The first-order chi connectivity index (χ1) is 10.4. The fraction of sp³-hybridized carbons (Fsp3) is 0.533. The van der Waals surface area contributed by atoms with E-state index in [4.69, 9.17) is 10.5 Å². The van der Waals surface area contributed by atoms with Crippen LogP contribution in [0.1, 0.15) is 12.0 Å². The number of hydrogen-bond donors (Lipinski definition) is 1. The summed E-state index contributed by atoms with van der Waals surface area (Å²) >= 11 is 0. The Kier molecular flexibility index (Phi) is 5.28. The standard InChI is InChI=1S/C15H19F3N2O2/c16-15(17,18)13-9-20(7-6-12(13)8-19)14(21)22-10-11-4-2-1-3-5-11/h1-5,12-13H,6-10,19H2/t12-,13-/m1/s1. The van der Waals surface area contributed by atoms with E-state index in [9.17, 15) is 18.0 Å². The highest BCUT2D eigenvalue weighted by Crippen LogP contribution is 2.36. The number of carbonyl (C=O) groups is 1. The molecule has 0 aliphatic carbocycles. The van der Waals surface area contributed by atoms with Gasteiger partial charge >= 0.3 is 12.3 Å². The van der Waals surface area contributed by atoms with Crippen molar-refractivity contribution >= 4 is 6.09 Å². The van der Waals surface area contributed by atoms with Crippen molar-refractivity contribution in [1.82, 2.24) is 4.90 Å². The van der Waals surface area contributed by atoms with E-state index in [0.717, 1.165) is 10.5 Å². The van der Waals surface area contributed by atoms with Crippen molar-refractivity contribution in [3.05, 3.63) is 35.9 Å².